The summed E-state index contributed by atoms with van der Waals surface area (Å²) < 4.78 is 21.7. The standard InChI is InChI=1S/C29H30FN3O5/c1-4-6-7-23(34)31-20-9-8-15-14(3)19(30)11-21-24(15)25(20)16-12-33-22(26(16)32-21)10-18-17(27(33)35)13-38-28(36)29(18,37)5-2/h10-11,20,37H,4-9,12-13H2,1-3H3,(H,31,34). The number of cyclic esters (lactones) is 1. The van der Waals surface area contributed by atoms with E-state index in [9.17, 15) is 23.9 Å². The number of pyridine rings is 2. The minimum absolute atomic E-state index is 0.0374. The van der Waals surface area contributed by atoms with Crippen molar-refractivity contribution in [1.82, 2.24) is 14.9 Å². The van der Waals surface area contributed by atoms with E-state index in [-0.39, 0.29) is 54.0 Å². The van der Waals surface area contributed by atoms with Crippen LogP contribution in [0.25, 0.3) is 22.3 Å². The smallest absolute Gasteiger partial charge is 0.343 e. The summed E-state index contributed by atoms with van der Waals surface area (Å²) in [6, 6.07) is 2.77. The maximum atomic E-state index is 15.0. The molecule has 2 atom stereocenters. The number of esters is 1. The van der Waals surface area contributed by atoms with Crippen LogP contribution in [0.1, 0.15) is 85.4 Å². The Morgan fingerprint density at radius 1 is 1.26 bits per heavy atom. The van der Waals surface area contributed by atoms with Crippen molar-refractivity contribution in [2.75, 3.05) is 0 Å². The second-order valence-corrected chi connectivity index (χ2v) is 10.6. The van der Waals surface area contributed by atoms with Gasteiger partial charge in [0.05, 0.1) is 35.1 Å². The Labute approximate surface area is 218 Å². The third kappa shape index (κ3) is 3.37. The highest BCUT2D eigenvalue weighted by atomic mass is 19.1. The molecule has 1 amide bonds. The zero-order chi connectivity index (χ0) is 26.9. The zero-order valence-electron chi connectivity index (χ0n) is 21.7. The van der Waals surface area contributed by atoms with Crippen LogP contribution in [0.3, 0.4) is 0 Å². The molecule has 3 aliphatic rings. The molecule has 0 bridgehead atoms. The molecule has 0 fully saturated rings. The lowest BCUT2D eigenvalue weighted by atomic mass is 9.81. The summed E-state index contributed by atoms with van der Waals surface area (Å²) in [5, 5.41) is 15.2. The molecule has 0 spiro atoms. The van der Waals surface area contributed by atoms with E-state index in [2.05, 4.69) is 5.32 Å². The van der Waals surface area contributed by atoms with Crippen LogP contribution in [0, 0.1) is 12.7 Å². The first kappa shape index (κ1) is 24.7. The minimum atomic E-state index is -1.93. The zero-order valence-corrected chi connectivity index (χ0v) is 21.7. The molecule has 1 aliphatic carbocycles. The van der Waals surface area contributed by atoms with E-state index in [0.29, 0.717) is 41.7 Å². The summed E-state index contributed by atoms with van der Waals surface area (Å²) in [6.45, 7) is 5.47. The van der Waals surface area contributed by atoms with E-state index in [4.69, 9.17) is 9.72 Å². The molecule has 8 nitrogen and oxygen atoms in total. The number of aliphatic hydroxyl groups is 1. The number of rotatable bonds is 5. The number of carbonyl (C=O) groups excluding carboxylic acids is 2. The van der Waals surface area contributed by atoms with Gasteiger partial charge >= 0.3 is 5.97 Å². The van der Waals surface area contributed by atoms with Crippen molar-refractivity contribution in [2.45, 2.75) is 84.1 Å². The number of unbranched alkanes of at least 4 members (excludes halogenated alkanes) is 1. The number of fused-ring (bicyclic) bond motifs is 5. The molecule has 0 saturated heterocycles. The highest BCUT2D eigenvalue weighted by Crippen LogP contribution is 2.45. The van der Waals surface area contributed by atoms with Gasteiger partial charge in [-0.2, -0.15) is 0 Å². The largest absolute Gasteiger partial charge is 0.458 e. The van der Waals surface area contributed by atoms with Gasteiger partial charge in [0.15, 0.2) is 5.60 Å². The highest BCUT2D eigenvalue weighted by Gasteiger charge is 2.46. The van der Waals surface area contributed by atoms with Gasteiger partial charge in [-0.25, -0.2) is 14.2 Å². The monoisotopic (exact) mass is 519 g/mol. The topological polar surface area (TPSA) is 111 Å². The Kier molecular flexibility index (Phi) is 5.68. The van der Waals surface area contributed by atoms with Crippen molar-refractivity contribution in [3.63, 3.8) is 0 Å². The van der Waals surface area contributed by atoms with Crippen LogP contribution in [-0.4, -0.2) is 26.5 Å². The Morgan fingerprint density at radius 2 is 2.05 bits per heavy atom. The molecule has 2 N–H and O–H groups in total. The van der Waals surface area contributed by atoms with Crippen LogP contribution in [-0.2, 0) is 39.5 Å². The van der Waals surface area contributed by atoms with E-state index in [1.54, 1.807) is 24.5 Å². The van der Waals surface area contributed by atoms with Gasteiger partial charge in [0.25, 0.3) is 5.56 Å². The number of aryl methyl sites for hydroxylation is 1. The fourth-order valence-corrected chi connectivity index (χ4v) is 6.30. The second kappa shape index (κ2) is 8.73. The van der Waals surface area contributed by atoms with Gasteiger partial charge in [0.1, 0.15) is 12.4 Å². The number of hydrogen-bond acceptors (Lipinski definition) is 6. The number of aromatic nitrogens is 2. The summed E-state index contributed by atoms with van der Waals surface area (Å²) >= 11 is 0. The second-order valence-electron chi connectivity index (χ2n) is 10.6. The molecule has 6 rings (SSSR count). The molecular formula is C29H30FN3O5. The first-order valence-electron chi connectivity index (χ1n) is 13.3. The van der Waals surface area contributed by atoms with E-state index < -0.39 is 11.6 Å². The van der Waals surface area contributed by atoms with Gasteiger partial charge in [0, 0.05) is 29.0 Å². The number of benzene rings is 1. The number of nitrogens with zero attached hydrogens (tertiary/aromatic N) is 2. The van der Waals surface area contributed by atoms with E-state index in [1.807, 2.05) is 6.92 Å². The quantitative estimate of drug-likeness (QED) is 0.388. The molecule has 0 saturated carbocycles. The fourth-order valence-electron chi connectivity index (χ4n) is 6.30. The van der Waals surface area contributed by atoms with Gasteiger partial charge in [-0.1, -0.05) is 20.3 Å². The average molecular weight is 520 g/mol. The van der Waals surface area contributed by atoms with Crippen molar-refractivity contribution in [1.29, 1.82) is 0 Å². The molecule has 2 aliphatic heterocycles. The average Bonchev–Trinajstić information content (AvgIpc) is 3.27. The van der Waals surface area contributed by atoms with Crippen molar-refractivity contribution in [2.24, 2.45) is 0 Å². The Morgan fingerprint density at radius 3 is 2.79 bits per heavy atom. The lowest BCUT2D eigenvalue weighted by Crippen LogP contribution is -2.44. The maximum Gasteiger partial charge on any atom is 0.343 e. The van der Waals surface area contributed by atoms with Crippen LogP contribution in [0.5, 0.6) is 0 Å². The molecule has 2 unspecified atom stereocenters. The van der Waals surface area contributed by atoms with Gasteiger partial charge < -0.3 is 19.7 Å². The van der Waals surface area contributed by atoms with Crippen molar-refractivity contribution >= 4 is 22.8 Å². The molecule has 2 aromatic heterocycles. The van der Waals surface area contributed by atoms with Crippen LogP contribution >= 0.6 is 0 Å². The van der Waals surface area contributed by atoms with Gasteiger partial charge in [-0.3, -0.25) is 9.59 Å². The van der Waals surface area contributed by atoms with E-state index in [1.165, 1.54) is 6.07 Å². The van der Waals surface area contributed by atoms with Gasteiger partial charge in [-0.05, 0) is 55.4 Å². The van der Waals surface area contributed by atoms with Gasteiger partial charge in [-0.15, -0.1) is 0 Å². The maximum absolute atomic E-state index is 15.0. The van der Waals surface area contributed by atoms with Crippen LogP contribution in [0.2, 0.25) is 0 Å². The number of amides is 1. The molecule has 38 heavy (non-hydrogen) atoms. The summed E-state index contributed by atoms with van der Waals surface area (Å²) in [4.78, 5) is 43.8. The van der Waals surface area contributed by atoms with Crippen LogP contribution in [0.4, 0.5) is 4.39 Å². The molecular weight excluding hydrogens is 489 g/mol. The van der Waals surface area contributed by atoms with Crippen LogP contribution < -0.4 is 10.9 Å². The SMILES string of the molecule is CCCCC(=O)NC1CCc2c(C)c(F)cc3nc4c(c1c23)Cn1c-4cc2c(c1=O)COC(=O)C2(O)CC. The van der Waals surface area contributed by atoms with Gasteiger partial charge in [0.2, 0.25) is 5.91 Å². The normalized spacial score (nSPS) is 21.1. The van der Waals surface area contributed by atoms with Crippen molar-refractivity contribution in [3.05, 3.63) is 61.7 Å². The fraction of sp³-hybridized carbons (Fsp3) is 0.448. The molecule has 0 radical (unpaired) electrons. The molecule has 1 aromatic carbocycles. The molecule has 4 heterocycles. The van der Waals surface area contributed by atoms with E-state index in [0.717, 1.165) is 34.9 Å². The predicted molar refractivity (Wildman–Crippen MR) is 138 cm³/mol. The Balaban J connectivity index is 1.60. The third-order valence-electron chi connectivity index (χ3n) is 8.47. The summed E-state index contributed by atoms with van der Waals surface area (Å²) in [6.07, 6.45) is 3.39. The number of carbonyl (C=O) groups is 2. The lowest BCUT2D eigenvalue weighted by molar-refractivity contribution is -0.172. The van der Waals surface area contributed by atoms with Crippen molar-refractivity contribution in [3.8, 4) is 11.4 Å². The highest BCUT2D eigenvalue weighted by molar-refractivity contribution is 5.94. The number of nitrogens with one attached hydrogen (secondary N) is 1. The summed E-state index contributed by atoms with van der Waals surface area (Å²) in [5.74, 6) is -1.17. The summed E-state index contributed by atoms with van der Waals surface area (Å²) in [7, 11) is 0. The number of hydrogen-bond donors (Lipinski definition) is 2. The molecule has 9 heteroatoms. The minimum Gasteiger partial charge on any atom is -0.458 e. The third-order valence-corrected chi connectivity index (χ3v) is 8.47. The Hall–Kier alpha value is -3.59. The predicted octanol–water partition coefficient (Wildman–Crippen LogP) is 3.82. The van der Waals surface area contributed by atoms with Crippen LogP contribution in [0.15, 0.2) is 16.9 Å². The van der Waals surface area contributed by atoms with Crippen molar-refractivity contribution < 1.29 is 23.8 Å². The molecule has 3 aromatic rings. The summed E-state index contributed by atoms with van der Waals surface area (Å²) in [5.41, 5.74) is 2.77. The number of ether oxygens (including phenoxy) is 1. The first-order valence-corrected chi connectivity index (χ1v) is 13.3. The lowest BCUT2D eigenvalue weighted by Gasteiger charge is -2.31. The van der Waals surface area contributed by atoms with E-state index >= 15 is 0 Å². The molecule has 198 valence electrons. The Bertz CT molecular complexity index is 1610. The first-order chi connectivity index (χ1) is 18.2. The number of halogens is 1.